The van der Waals surface area contributed by atoms with E-state index in [1.165, 1.54) is 11.3 Å². The number of aromatic nitrogens is 1. The molecule has 0 bridgehead atoms. The van der Waals surface area contributed by atoms with E-state index in [-0.39, 0.29) is 5.91 Å². The van der Waals surface area contributed by atoms with E-state index in [0.29, 0.717) is 16.6 Å². The molecule has 2 aromatic carbocycles. The van der Waals surface area contributed by atoms with Crippen molar-refractivity contribution in [2.45, 2.75) is 6.42 Å². The van der Waals surface area contributed by atoms with Gasteiger partial charge in [0.15, 0.2) is 5.13 Å². The standard InChI is InChI=1S/C17H12BrClN2OS/c18-13-5-1-11(2-6-13)9-16(22)21-17-20-15(10-23-17)12-3-7-14(19)8-4-12/h1-8,10H,9H2,(H,20,21,22). The summed E-state index contributed by atoms with van der Waals surface area (Å²) in [7, 11) is 0. The van der Waals surface area contributed by atoms with Crippen LogP contribution < -0.4 is 5.32 Å². The van der Waals surface area contributed by atoms with Crippen LogP contribution in [0.25, 0.3) is 11.3 Å². The molecule has 0 aliphatic heterocycles. The van der Waals surface area contributed by atoms with E-state index in [4.69, 9.17) is 11.6 Å². The van der Waals surface area contributed by atoms with Crippen LogP contribution in [0.1, 0.15) is 5.56 Å². The lowest BCUT2D eigenvalue weighted by Gasteiger charge is -2.02. The number of benzene rings is 2. The summed E-state index contributed by atoms with van der Waals surface area (Å²) in [6.45, 7) is 0. The SMILES string of the molecule is O=C(Cc1ccc(Br)cc1)Nc1nc(-c2ccc(Cl)cc2)cs1. The van der Waals surface area contributed by atoms with Gasteiger partial charge < -0.3 is 5.32 Å². The van der Waals surface area contributed by atoms with Gasteiger partial charge in [0.1, 0.15) is 0 Å². The molecule has 1 heterocycles. The Morgan fingerprint density at radius 2 is 1.83 bits per heavy atom. The van der Waals surface area contributed by atoms with Crippen LogP contribution >= 0.6 is 38.9 Å². The van der Waals surface area contributed by atoms with E-state index >= 15 is 0 Å². The first kappa shape index (κ1) is 16.2. The molecule has 3 rings (SSSR count). The van der Waals surface area contributed by atoms with Gasteiger partial charge >= 0.3 is 0 Å². The topological polar surface area (TPSA) is 42.0 Å². The first-order chi connectivity index (χ1) is 11.1. The van der Waals surface area contributed by atoms with Crippen LogP contribution in [0.15, 0.2) is 58.4 Å². The van der Waals surface area contributed by atoms with E-state index in [1.54, 1.807) is 0 Å². The zero-order chi connectivity index (χ0) is 16.2. The average Bonchev–Trinajstić information content (AvgIpc) is 2.98. The minimum Gasteiger partial charge on any atom is -0.302 e. The molecule has 1 amide bonds. The highest BCUT2D eigenvalue weighted by Gasteiger charge is 2.09. The molecule has 3 nitrogen and oxygen atoms in total. The summed E-state index contributed by atoms with van der Waals surface area (Å²) in [6, 6.07) is 15.1. The highest BCUT2D eigenvalue weighted by atomic mass is 79.9. The third kappa shape index (κ3) is 4.41. The van der Waals surface area contributed by atoms with Crippen molar-refractivity contribution in [2.75, 3.05) is 5.32 Å². The minimum absolute atomic E-state index is 0.0793. The summed E-state index contributed by atoms with van der Waals surface area (Å²) in [5, 5.41) is 6.03. The lowest BCUT2D eigenvalue weighted by Crippen LogP contribution is -2.14. The first-order valence-electron chi connectivity index (χ1n) is 6.86. The van der Waals surface area contributed by atoms with Gasteiger partial charge in [-0.25, -0.2) is 4.98 Å². The Labute approximate surface area is 151 Å². The van der Waals surface area contributed by atoms with Gasteiger partial charge in [0.2, 0.25) is 5.91 Å². The Bertz CT molecular complexity index is 815. The van der Waals surface area contributed by atoms with Gasteiger partial charge in [-0.15, -0.1) is 11.3 Å². The second-order valence-electron chi connectivity index (χ2n) is 4.90. The number of hydrogen-bond donors (Lipinski definition) is 1. The molecule has 0 atom stereocenters. The van der Waals surface area contributed by atoms with Crippen molar-refractivity contribution >= 4 is 49.9 Å². The van der Waals surface area contributed by atoms with E-state index in [0.717, 1.165) is 21.3 Å². The summed E-state index contributed by atoms with van der Waals surface area (Å²) in [4.78, 5) is 16.5. The molecular formula is C17H12BrClN2OS. The van der Waals surface area contributed by atoms with Crippen molar-refractivity contribution in [3.05, 3.63) is 69.0 Å². The van der Waals surface area contributed by atoms with E-state index in [2.05, 4.69) is 26.2 Å². The van der Waals surface area contributed by atoms with E-state index in [1.807, 2.05) is 53.9 Å². The monoisotopic (exact) mass is 406 g/mol. The molecule has 116 valence electrons. The molecule has 0 saturated heterocycles. The van der Waals surface area contributed by atoms with Crippen molar-refractivity contribution in [2.24, 2.45) is 0 Å². The Morgan fingerprint density at radius 3 is 2.52 bits per heavy atom. The molecule has 3 aromatic rings. The van der Waals surface area contributed by atoms with Crippen LogP contribution in [0, 0.1) is 0 Å². The number of thiazole rings is 1. The number of amides is 1. The molecular weight excluding hydrogens is 396 g/mol. The smallest absolute Gasteiger partial charge is 0.230 e. The minimum atomic E-state index is -0.0793. The number of rotatable bonds is 4. The number of halogens is 2. The Balaban J connectivity index is 1.65. The Morgan fingerprint density at radius 1 is 1.13 bits per heavy atom. The highest BCUT2D eigenvalue weighted by Crippen LogP contribution is 2.26. The molecule has 0 spiro atoms. The predicted octanol–water partition coefficient (Wildman–Crippen LogP) is 5.41. The van der Waals surface area contributed by atoms with Gasteiger partial charge in [0, 0.05) is 20.4 Å². The largest absolute Gasteiger partial charge is 0.302 e. The fraction of sp³-hybridized carbons (Fsp3) is 0.0588. The molecule has 0 unspecified atom stereocenters. The third-order valence-corrected chi connectivity index (χ3v) is 4.71. The maximum Gasteiger partial charge on any atom is 0.230 e. The second-order valence-corrected chi connectivity index (χ2v) is 7.11. The highest BCUT2D eigenvalue weighted by molar-refractivity contribution is 9.10. The normalized spacial score (nSPS) is 10.5. The molecule has 0 saturated carbocycles. The van der Waals surface area contributed by atoms with Crippen molar-refractivity contribution in [1.29, 1.82) is 0 Å². The number of carbonyl (C=O) groups is 1. The maximum absolute atomic E-state index is 12.1. The van der Waals surface area contributed by atoms with Crippen LogP contribution in [0.5, 0.6) is 0 Å². The summed E-state index contributed by atoms with van der Waals surface area (Å²) >= 11 is 10.7. The maximum atomic E-state index is 12.1. The van der Waals surface area contributed by atoms with Crippen molar-refractivity contribution < 1.29 is 4.79 Å². The zero-order valence-corrected chi connectivity index (χ0v) is 15.1. The number of nitrogens with one attached hydrogen (secondary N) is 1. The average molecular weight is 408 g/mol. The van der Waals surface area contributed by atoms with Crippen LogP contribution in [-0.4, -0.2) is 10.9 Å². The van der Waals surface area contributed by atoms with Crippen LogP contribution in [0.4, 0.5) is 5.13 Å². The first-order valence-corrected chi connectivity index (χ1v) is 8.91. The van der Waals surface area contributed by atoms with Crippen molar-refractivity contribution in [1.82, 2.24) is 4.98 Å². The summed E-state index contributed by atoms with van der Waals surface area (Å²) in [6.07, 6.45) is 0.323. The van der Waals surface area contributed by atoms with Gasteiger partial charge in [-0.05, 0) is 29.8 Å². The van der Waals surface area contributed by atoms with Gasteiger partial charge in [0.05, 0.1) is 12.1 Å². The van der Waals surface area contributed by atoms with Crippen LogP contribution in [0.2, 0.25) is 5.02 Å². The van der Waals surface area contributed by atoms with Crippen molar-refractivity contribution in [3.8, 4) is 11.3 Å². The van der Waals surface area contributed by atoms with Gasteiger partial charge in [-0.1, -0.05) is 51.8 Å². The molecule has 1 aromatic heterocycles. The lowest BCUT2D eigenvalue weighted by atomic mass is 10.1. The molecule has 0 aliphatic carbocycles. The lowest BCUT2D eigenvalue weighted by molar-refractivity contribution is -0.115. The third-order valence-electron chi connectivity index (χ3n) is 3.17. The Kier molecular flexibility index (Phi) is 5.10. The van der Waals surface area contributed by atoms with Crippen LogP contribution in [0.3, 0.4) is 0 Å². The molecule has 0 fully saturated rings. The van der Waals surface area contributed by atoms with Gasteiger partial charge in [-0.3, -0.25) is 4.79 Å². The fourth-order valence-electron chi connectivity index (χ4n) is 2.04. The summed E-state index contributed by atoms with van der Waals surface area (Å²) < 4.78 is 0.995. The molecule has 23 heavy (non-hydrogen) atoms. The molecule has 0 radical (unpaired) electrons. The summed E-state index contributed by atoms with van der Waals surface area (Å²) in [5.41, 5.74) is 2.75. The molecule has 0 aliphatic rings. The summed E-state index contributed by atoms with van der Waals surface area (Å²) in [5.74, 6) is -0.0793. The number of hydrogen-bond acceptors (Lipinski definition) is 3. The zero-order valence-electron chi connectivity index (χ0n) is 11.9. The van der Waals surface area contributed by atoms with E-state index in [9.17, 15) is 4.79 Å². The van der Waals surface area contributed by atoms with Gasteiger partial charge in [0.25, 0.3) is 0 Å². The second kappa shape index (κ2) is 7.25. The number of carbonyl (C=O) groups excluding carboxylic acids is 1. The van der Waals surface area contributed by atoms with Gasteiger partial charge in [-0.2, -0.15) is 0 Å². The van der Waals surface area contributed by atoms with Crippen molar-refractivity contribution in [3.63, 3.8) is 0 Å². The predicted molar refractivity (Wildman–Crippen MR) is 99.0 cm³/mol. The molecule has 1 N–H and O–H groups in total. The van der Waals surface area contributed by atoms with Crippen LogP contribution in [-0.2, 0) is 11.2 Å². The Hall–Kier alpha value is -1.69. The quantitative estimate of drug-likeness (QED) is 0.628. The number of nitrogens with zero attached hydrogens (tertiary/aromatic N) is 1. The van der Waals surface area contributed by atoms with E-state index < -0.39 is 0 Å². The number of anilines is 1. The molecule has 6 heteroatoms. The fourth-order valence-corrected chi connectivity index (χ4v) is 3.16.